The van der Waals surface area contributed by atoms with Crippen LogP contribution < -0.4 is 0 Å². The zero-order valence-electron chi connectivity index (χ0n) is 8.31. The van der Waals surface area contributed by atoms with Crippen LogP contribution in [0.3, 0.4) is 0 Å². The molecular formula is C11H20O. The van der Waals surface area contributed by atoms with Crippen molar-refractivity contribution in [2.45, 2.75) is 52.4 Å². The molecule has 1 heteroatoms. The summed E-state index contributed by atoms with van der Waals surface area (Å²) < 4.78 is 0. The molecule has 1 aliphatic rings. The van der Waals surface area contributed by atoms with E-state index < -0.39 is 0 Å². The van der Waals surface area contributed by atoms with Crippen LogP contribution in [-0.2, 0) is 4.79 Å². The Balaban J connectivity index is 2.46. The molecule has 0 unspecified atom stereocenters. The molecule has 0 amide bonds. The van der Waals surface area contributed by atoms with Gasteiger partial charge in [-0.1, -0.05) is 26.2 Å². The first-order valence-electron chi connectivity index (χ1n) is 5.26. The third-order valence-corrected chi connectivity index (χ3v) is 3.18. The molecule has 1 rings (SSSR count). The second-order valence-corrected chi connectivity index (χ2v) is 4.02. The summed E-state index contributed by atoms with van der Waals surface area (Å²) in [7, 11) is 0. The summed E-state index contributed by atoms with van der Waals surface area (Å²) in [4.78, 5) is 11.3. The molecule has 0 saturated heterocycles. The zero-order chi connectivity index (χ0) is 8.97. The average molecular weight is 168 g/mol. The minimum atomic E-state index is 0.366. The normalized spacial score (nSPS) is 22.2. The molecule has 1 fully saturated rings. The molecule has 1 atom stereocenters. The quantitative estimate of drug-likeness (QED) is 0.632. The third kappa shape index (κ3) is 2.33. The van der Waals surface area contributed by atoms with E-state index in [1.54, 1.807) is 6.92 Å². The van der Waals surface area contributed by atoms with E-state index in [9.17, 15) is 4.79 Å². The van der Waals surface area contributed by atoms with Crippen molar-refractivity contribution in [1.29, 1.82) is 0 Å². The number of carbonyl (C=O) groups is 1. The van der Waals surface area contributed by atoms with Gasteiger partial charge in [0.1, 0.15) is 5.78 Å². The van der Waals surface area contributed by atoms with Crippen LogP contribution in [0.4, 0.5) is 0 Å². The van der Waals surface area contributed by atoms with Gasteiger partial charge < -0.3 is 0 Å². The van der Waals surface area contributed by atoms with Crippen molar-refractivity contribution in [2.75, 3.05) is 0 Å². The molecule has 0 aromatic rings. The first-order chi connectivity index (χ1) is 5.75. The lowest BCUT2D eigenvalue weighted by Crippen LogP contribution is -2.23. The van der Waals surface area contributed by atoms with E-state index in [1.165, 1.54) is 32.1 Å². The third-order valence-electron chi connectivity index (χ3n) is 3.18. The summed E-state index contributed by atoms with van der Waals surface area (Å²) in [5.41, 5.74) is 0. The smallest absolute Gasteiger partial charge is 0.133 e. The minimum Gasteiger partial charge on any atom is -0.300 e. The van der Waals surface area contributed by atoms with Crippen LogP contribution in [-0.4, -0.2) is 5.78 Å². The fourth-order valence-electron chi connectivity index (χ4n) is 2.49. The van der Waals surface area contributed by atoms with Crippen molar-refractivity contribution in [1.82, 2.24) is 0 Å². The molecular weight excluding hydrogens is 148 g/mol. The summed E-state index contributed by atoms with van der Waals surface area (Å²) in [5.74, 6) is 1.48. The van der Waals surface area contributed by atoms with E-state index in [2.05, 4.69) is 6.92 Å². The van der Waals surface area contributed by atoms with Crippen molar-refractivity contribution in [3.8, 4) is 0 Å². The van der Waals surface area contributed by atoms with Gasteiger partial charge >= 0.3 is 0 Å². The molecule has 1 nitrogen and oxygen atoms in total. The Labute approximate surface area is 75.5 Å². The van der Waals surface area contributed by atoms with E-state index in [-0.39, 0.29) is 0 Å². The Morgan fingerprint density at radius 3 is 2.33 bits per heavy atom. The van der Waals surface area contributed by atoms with E-state index in [4.69, 9.17) is 0 Å². The van der Waals surface area contributed by atoms with Crippen LogP contribution in [0.5, 0.6) is 0 Å². The Bertz CT molecular complexity index is 145. The summed E-state index contributed by atoms with van der Waals surface area (Å²) in [6.07, 6.45) is 7.68. The van der Waals surface area contributed by atoms with Gasteiger partial charge in [0.05, 0.1) is 0 Å². The van der Waals surface area contributed by atoms with Gasteiger partial charge in [-0.2, -0.15) is 0 Å². The SMILES string of the molecule is CC[C@H](C(C)=O)C1CCCCC1. The fraction of sp³-hybridized carbons (Fsp3) is 0.909. The maximum atomic E-state index is 11.3. The minimum absolute atomic E-state index is 0.366. The summed E-state index contributed by atoms with van der Waals surface area (Å²) in [5, 5.41) is 0. The number of Topliss-reactive ketones (excluding diaryl/α,β-unsaturated/α-hetero) is 1. The molecule has 0 spiro atoms. The highest BCUT2D eigenvalue weighted by atomic mass is 16.1. The zero-order valence-corrected chi connectivity index (χ0v) is 8.31. The number of hydrogen-bond acceptors (Lipinski definition) is 1. The van der Waals surface area contributed by atoms with Crippen LogP contribution in [0.1, 0.15) is 52.4 Å². The molecule has 0 aromatic carbocycles. The van der Waals surface area contributed by atoms with Gasteiger partial charge in [0.25, 0.3) is 0 Å². The van der Waals surface area contributed by atoms with Crippen molar-refractivity contribution in [2.24, 2.45) is 11.8 Å². The van der Waals surface area contributed by atoms with Gasteiger partial charge in [0, 0.05) is 5.92 Å². The molecule has 0 N–H and O–H groups in total. The van der Waals surface area contributed by atoms with E-state index in [1.807, 2.05) is 0 Å². The predicted molar refractivity (Wildman–Crippen MR) is 51.0 cm³/mol. The van der Waals surface area contributed by atoms with Crippen LogP contribution in [0, 0.1) is 11.8 Å². The first kappa shape index (κ1) is 9.76. The molecule has 12 heavy (non-hydrogen) atoms. The molecule has 0 bridgehead atoms. The van der Waals surface area contributed by atoms with Crippen LogP contribution in [0.15, 0.2) is 0 Å². The van der Waals surface area contributed by atoms with Gasteiger partial charge in [-0.3, -0.25) is 4.79 Å². The van der Waals surface area contributed by atoms with Gasteiger partial charge in [-0.25, -0.2) is 0 Å². The van der Waals surface area contributed by atoms with Crippen LogP contribution in [0.25, 0.3) is 0 Å². The Morgan fingerprint density at radius 2 is 1.92 bits per heavy atom. The molecule has 0 aliphatic heterocycles. The number of hydrogen-bond donors (Lipinski definition) is 0. The largest absolute Gasteiger partial charge is 0.300 e. The van der Waals surface area contributed by atoms with Gasteiger partial charge in [-0.15, -0.1) is 0 Å². The van der Waals surface area contributed by atoms with Gasteiger partial charge in [-0.05, 0) is 32.1 Å². The first-order valence-corrected chi connectivity index (χ1v) is 5.26. The lowest BCUT2D eigenvalue weighted by Gasteiger charge is -2.27. The van der Waals surface area contributed by atoms with E-state index in [0.717, 1.165) is 6.42 Å². The summed E-state index contributed by atoms with van der Waals surface area (Å²) in [6.45, 7) is 3.89. The highest BCUT2D eigenvalue weighted by Gasteiger charge is 2.24. The maximum absolute atomic E-state index is 11.3. The van der Waals surface area contributed by atoms with Crippen LogP contribution >= 0.6 is 0 Å². The fourth-order valence-corrected chi connectivity index (χ4v) is 2.49. The topological polar surface area (TPSA) is 17.1 Å². The summed E-state index contributed by atoms with van der Waals surface area (Å²) >= 11 is 0. The standard InChI is InChI=1S/C11H20O/c1-3-11(9(2)12)10-7-5-4-6-8-10/h10-11H,3-8H2,1-2H3/t11-/m1/s1. The second kappa shape index (κ2) is 4.64. The lowest BCUT2D eigenvalue weighted by molar-refractivity contribution is -0.122. The molecule has 0 aromatic heterocycles. The Kier molecular flexibility index (Phi) is 3.77. The number of carbonyl (C=O) groups excluding carboxylic acids is 1. The number of rotatable bonds is 3. The van der Waals surface area contributed by atoms with E-state index in [0.29, 0.717) is 17.6 Å². The van der Waals surface area contributed by atoms with E-state index >= 15 is 0 Å². The summed E-state index contributed by atoms with van der Waals surface area (Å²) in [6, 6.07) is 0. The molecule has 1 saturated carbocycles. The Morgan fingerprint density at radius 1 is 1.33 bits per heavy atom. The number of ketones is 1. The lowest BCUT2D eigenvalue weighted by atomic mass is 9.77. The predicted octanol–water partition coefficient (Wildman–Crippen LogP) is 3.18. The van der Waals surface area contributed by atoms with Crippen molar-refractivity contribution >= 4 is 5.78 Å². The molecule has 1 aliphatic carbocycles. The van der Waals surface area contributed by atoms with Crippen LogP contribution in [0.2, 0.25) is 0 Å². The van der Waals surface area contributed by atoms with Crippen molar-refractivity contribution in [3.63, 3.8) is 0 Å². The highest BCUT2D eigenvalue weighted by molar-refractivity contribution is 5.78. The van der Waals surface area contributed by atoms with Crippen molar-refractivity contribution < 1.29 is 4.79 Å². The van der Waals surface area contributed by atoms with Gasteiger partial charge in [0.15, 0.2) is 0 Å². The second-order valence-electron chi connectivity index (χ2n) is 4.02. The highest BCUT2D eigenvalue weighted by Crippen LogP contribution is 2.31. The average Bonchev–Trinajstić information content (AvgIpc) is 2.07. The maximum Gasteiger partial charge on any atom is 0.133 e. The molecule has 0 heterocycles. The van der Waals surface area contributed by atoms with Gasteiger partial charge in [0.2, 0.25) is 0 Å². The Hall–Kier alpha value is -0.330. The molecule has 70 valence electrons. The molecule has 0 radical (unpaired) electrons. The monoisotopic (exact) mass is 168 g/mol. The van der Waals surface area contributed by atoms with Crippen molar-refractivity contribution in [3.05, 3.63) is 0 Å².